The third-order valence-electron chi connectivity index (χ3n) is 2.77. The Bertz CT molecular complexity index is 161. The van der Waals surface area contributed by atoms with Crippen LogP contribution in [-0.2, 0) is 0 Å². The number of nitrogens with zero attached hydrogens (tertiary/aromatic N) is 2. The van der Waals surface area contributed by atoms with Crippen molar-refractivity contribution in [2.75, 3.05) is 20.1 Å². The number of hydrogen-bond acceptors (Lipinski definition) is 2. The molecule has 0 unspecified atom stereocenters. The monoisotopic (exact) mass is 152 g/mol. The highest BCUT2D eigenvalue weighted by atomic mass is 15.2. The van der Waals surface area contributed by atoms with Crippen molar-refractivity contribution in [2.24, 2.45) is 0 Å². The van der Waals surface area contributed by atoms with Crippen LogP contribution in [0.3, 0.4) is 0 Å². The topological polar surface area (TPSA) is 6.48 Å². The van der Waals surface area contributed by atoms with Gasteiger partial charge in [0.1, 0.15) is 0 Å². The number of likely N-dealkylation sites (N-methyl/N-ethyl adjacent to an activating group) is 1. The van der Waals surface area contributed by atoms with E-state index < -0.39 is 0 Å². The molecule has 1 aliphatic heterocycles. The summed E-state index contributed by atoms with van der Waals surface area (Å²) in [6.45, 7) is 2.41. The molecule has 1 fully saturated rings. The minimum atomic E-state index is 0.875. The molecule has 0 amide bonds. The van der Waals surface area contributed by atoms with Crippen molar-refractivity contribution in [1.29, 1.82) is 0 Å². The van der Waals surface area contributed by atoms with Crippen LogP contribution in [0.4, 0.5) is 0 Å². The molecular formula is C9H16N2. The van der Waals surface area contributed by atoms with Gasteiger partial charge in [-0.15, -0.1) is 0 Å². The fourth-order valence-corrected chi connectivity index (χ4v) is 1.64. The van der Waals surface area contributed by atoms with Gasteiger partial charge in [0, 0.05) is 38.6 Å². The largest absolute Gasteiger partial charge is 0.377 e. The Labute approximate surface area is 68.5 Å². The van der Waals surface area contributed by atoms with Crippen LogP contribution < -0.4 is 0 Å². The second kappa shape index (κ2) is 2.76. The molecule has 0 aromatic rings. The van der Waals surface area contributed by atoms with Crippen molar-refractivity contribution in [1.82, 2.24) is 9.80 Å². The molecule has 1 saturated carbocycles. The van der Waals surface area contributed by atoms with Crippen LogP contribution >= 0.6 is 0 Å². The lowest BCUT2D eigenvalue weighted by Crippen LogP contribution is -2.42. The molecule has 1 aliphatic carbocycles. The summed E-state index contributed by atoms with van der Waals surface area (Å²) in [5.74, 6) is 0. The maximum atomic E-state index is 2.49. The summed E-state index contributed by atoms with van der Waals surface area (Å²) < 4.78 is 0. The summed E-state index contributed by atoms with van der Waals surface area (Å²) in [5.41, 5.74) is 0. The minimum absolute atomic E-state index is 0.875. The van der Waals surface area contributed by atoms with Gasteiger partial charge in [0.05, 0.1) is 0 Å². The normalized spacial score (nSPS) is 25.5. The standard InChI is InChI=1S/C9H16N2/c1-10-5-7-11(8-6-10)9-3-2-4-9/h5,7,9H,2-4,6,8H2,1H3. The Balaban J connectivity index is 1.90. The van der Waals surface area contributed by atoms with E-state index in [2.05, 4.69) is 29.2 Å². The lowest BCUT2D eigenvalue weighted by Gasteiger charge is -2.40. The SMILES string of the molecule is CN1C=CN(C2CCC2)CC1. The van der Waals surface area contributed by atoms with Crippen LogP contribution in [0.25, 0.3) is 0 Å². The maximum Gasteiger partial charge on any atom is 0.0351 e. The van der Waals surface area contributed by atoms with E-state index in [9.17, 15) is 0 Å². The van der Waals surface area contributed by atoms with Crippen molar-refractivity contribution < 1.29 is 0 Å². The van der Waals surface area contributed by atoms with Gasteiger partial charge in [0.2, 0.25) is 0 Å². The van der Waals surface area contributed by atoms with Crippen LogP contribution in [0.15, 0.2) is 12.4 Å². The van der Waals surface area contributed by atoms with E-state index in [0.717, 1.165) is 6.04 Å². The molecule has 0 aromatic carbocycles. The summed E-state index contributed by atoms with van der Waals surface area (Å²) in [5, 5.41) is 0. The molecule has 0 bridgehead atoms. The molecule has 0 N–H and O–H groups in total. The fraction of sp³-hybridized carbons (Fsp3) is 0.778. The zero-order valence-corrected chi connectivity index (χ0v) is 7.16. The quantitative estimate of drug-likeness (QED) is 0.558. The Morgan fingerprint density at radius 1 is 1.18 bits per heavy atom. The first-order chi connectivity index (χ1) is 5.36. The maximum absolute atomic E-state index is 2.49. The van der Waals surface area contributed by atoms with Gasteiger partial charge >= 0.3 is 0 Å². The van der Waals surface area contributed by atoms with E-state index in [0.29, 0.717) is 0 Å². The summed E-state index contributed by atoms with van der Waals surface area (Å²) in [6, 6.07) is 0.875. The molecule has 11 heavy (non-hydrogen) atoms. The molecule has 2 rings (SSSR count). The van der Waals surface area contributed by atoms with E-state index in [1.807, 2.05) is 0 Å². The first-order valence-electron chi connectivity index (χ1n) is 4.50. The fourth-order valence-electron chi connectivity index (χ4n) is 1.64. The molecule has 0 saturated heterocycles. The van der Waals surface area contributed by atoms with Gasteiger partial charge in [-0.25, -0.2) is 0 Å². The smallest absolute Gasteiger partial charge is 0.0351 e. The van der Waals surface area contributed by atoms with Crippen molar-refractivity contribution in [3.05, 3.63) is 12.4 Å². The average molecular weight is 152 g/mol. The molecule has 62 valence electrons. The van der Waals surface area contributed by atoms with Gasteiger partial charge in [-0.2, -0.15) is 0 Å². The third kappa shape index (κ3) is 1.35. The van der Waals surface area contributed by atoms with Crippen LogP contribution in [-0.4, -0.2) is 36.0 Å². The number of rotatable bonds is 1. The summed E-state index contributed by atoms with van der Waals surface area (Å²) in [6.07, 6.45) is 8.68. The Hall–Kier alpha value is -0.660. The highest BCUT2D eigenvalue weighted by molar-refractivity contribution is 4.93. The zero-order chi connectivity index (χ0) is 7.68. The summed E-state index contributed by atoms with van der Waals surface area (Å²) in [7, 11) is 2.13. The van der Waals surface area contributed by atoms with Crippen LogP contribution in [0.5, 0.6) is 0 Å². The Morgan fingerprint density at radius 3 is 2.45 bits per heavy atom. The summed E-state index contributed by atoms with van der Waals surface area (Å²) >= 11 is 0. The third-order valence-corrected chi connectivity index (χ3v) is 2.77. The van der Waals surface area contributed by atoms with Gasteiger partial charge in [0.25, 0.3) is 0 Å². The zero-order valence-electron chi connectivity index (χ0n) is 7.16. The van der Waals surface area contributed by atoms with E-state index in [1.165, 1.54) is 32.4 Å². The average Bonchev–Trinajstić information content (AvgIpc) is 1.90. The molecule has 0 atom stereocenters. The van der Waals surface area contributed by atoms with Crippen molar-refractivity contribution in [3.63, 3.8) is 0 Å². The molecule has 2 aliphatic rings. The Morgan fingerprint density at radius 2 is 2.00 bits per heavy atom. The second-order valence-corrected chi connectivity index (χ2v) is 3.60. The van der Waals surface area contributed by atoms with Crippen molar-refractivity contribution in [3.8, 4) is 0 Å². The first-order valence-corrected chi connectivity index (χ1v) is 4.50. The molecule has 2 nitrogen and oxygen atoms in total. The van der Waals surface area contributed by atoms with Gasteiger partial charge in [0.15, 0.2) is 0 Å². The van der Waals surface area contributed by atoms with Gasteiger partial charge in [-0.05, 0) is 19.3 Å². The lowest BCUT2D eigenvalue weighted by atomic mass is 9.91. The van der Waals surface area contributed by atoms with E-state index in [1.54, 1.807) is 0 Å². The highest BCUT2D eigenvalue weighted by Gasteiger charge is 2.23. The van der Waals surface area contributed by atoms with Crippen LogP contribution in [0.1, 0.15) is 19.3 Å². The second-order valence-electron chi connectivity index (χ2n) is 3.60. The predicted molar refractivity (Wildman–Crippen MR) is 46.1 cm³/mol. The highest BCUT2D eigenvalue weighted by Crippen LogP contribution is 2.25. The molecule has 0 radical (unpaired) electrons. The van der Waals surface area contributed by atoms with Crippen LogP contribution in [0.2, 0.25) is 0 Å². The molecule has 2 heteroatoms. The van der Waals surface area contributed by atoms with E-state index >= 15 is 0 Å². The Kier molecular flexibility index (Phi) is 1.76. The van der Waals surface area contributed by atoms with Crippen LogP contribution in [0, 0.1) is 0 Å². The van der Waals surface area contributed by atoms with Crippen molar-refractivity contribution >= 4 is 0 Å². The van der Waals surface area contributed by atoms with Gasteiger partial charge < -0.3 is 9.80 Å². The molecule has 0 aromatic heterocycles. The molecule has 0 spiro atoms. The predicted octanol–water partition coefficient (Wildman–Crippen LogP) is 1.26. The molecular weight excluding hydrogens is 136 g/mol. The van der Waals surface area contributed by atoms with E-state index in [-0.39, 0.29) is 0 Å². The minimum Gasteiger partial charge on any atom is -0.377 e. The van der Waals surface area contributed by atoms with E-state index in [4.69, 9.17) is 0 Å². The van der Waals surface area contributed by atoms with Gasteiger partial charge in [-0.1, -0.05) is 0 Å². The lowest BCUT2D eigenvalue weighted by molar-refractivity contribution is 0.158. The molecule has 1 heterocycles. The van der Waals surface area contributed by atoms with Crippen molar-refractivity contribution in [2.45, 2.75) is 25.3 Å². The summed E-state index contributed by atoms with van der Waals surface area (Å²) in [4.78, 5) is 4.73. The first kappa shape index (κ1) is 7.01. The van der Waals surface area contributed by atoms with Gasteiger partial charge in [-0.3, -0.25) is 0 Å². The number of hydrogen-bond donors (Lipinski definition) is 0.